The van der Waals surface area contributed by atoms with Gasteiger partial charge in [-0.05, 0) is 48.4 Å². The number of aromatic nitrogens is 3. The Hall–Kier alpha value is -3.65. The normalized spacial score (nSPS) is 11.8. The molecule has 0 radical (unpaired) electrons. The molecule has 0 spiro atoms. The molecule has 168 valence electrons. The Morgan fingerprint density at radius 3 is 2.55 bits per heavy atom. The molecular weight excluding hydrogens is 436 g/mol. The Kier molecular flexibility index (Phi) is 7.04. The van der Waals surface area contributed by atoms with E-state index < -0.39 is 5.25 Å². The van der Waals surface area contributed by atoms with Gasteiger partial charge in [-0.2, -0.15) is 0 Å². The lowest BCUT2D eigenvalue weighted by Gasteiger charge is -2.18. The highest BCUT2D eigenvalue weighted by atomic mass is 32.2. The van der Waals surface area contributed by atoms with E-state index in [1.165, 1.54) is 11.8 Å². The predicted octanol–water partition coefficient (Wildman–Crippen LogP) is 4.36. The minimum Gasteiger partial charge on any atom is -0.497 e. The van der Waals surface area contributed by atoms with Crippen molar-refractivity contribution in [2.24, 2.45) is 0 Å². The van der Waals surface area contributed by atoms with E-state index in [-0.39, 0.29) is 11.5 Å². The Morgan fingerprint density at radius 2 is 1.85 bits per heavy atom. The number of carbonyl (C=O) groups excluding carboxylic acids is 1. The van der Waals surface area contributed by atoms with Crippen molar-refractivity contribution < 1.29 is 9.53 Å². The predicted molar refractivity (Wildman–Crippen MR) is 131 cm³/mol. The molecule has 0 saturated heterocycles. The fourth-order valence-corrected chi connectivity index (χ4v) is 4.38. The molecule has 8 heteroatoms. The van der Waals surface area contributed by atoms with Crippen LogP contribution in [0.15, 0.2) is 82.9 Å². The molecule has 0 aliphatic heterocycles. The number of thioether (sulfide) groups is 1. The van der Waals surface area contributed by atoms with Crippen molar-refractivity contribution in [2.75, 3.05) is 12.4 Å². The van der Waals surface area contributed by atoms with E-state index in [9.17, 15) is 9.59 Å². The van der Waals surface area contributed by atoms with Crippen LogP contribution in [0.2, 0.25) is 0 Å². The Bertz CT molecular complexity index is 1310. The number of nitrogens with zero attached hydrogens (tertiary/aromatic N) is 3. The van der Waals surface area contributed by atoms with Gasteiger partial charge in [-0.1, -0.05) is 49.0 Å². The van der Waals surface area contributed by atoms with Crippen LogP contribution in [-0.4, -0.2) is 32.8 Å². The molecule has 4 rings (SSSR count). The summed E-state index contributed by atoms with van der Waals surface area (Å²) < 4.78 is 6.79. The molecular formula is C25H24N4O3S. The summed E-state index contributed by atoms with van der Waals surface area (Å²) in [4.78, 5) is 35.2. The number of fused-ring (bicyclic) bond motifs is 1. The van der Waals surface area contributed by atoms with E-state index in [0.29, 0.717) is 40.6 Å². The first kappa shape index (κ1) is 22.5. The molecule has 2 heterocycles. The Balaban J connectivity index is 1.65. The maximum Gasteiger partial charge on any atom is 0.263 e. The summed E-state index contributed by atoms with van der Waals surface area (Å²) in [5.74, 6) is 0.557. The zero-order chi connectivity index (χ0) is 23.2. The van der Waals surface area contributed by atoms with E-state index >= 15 is 0 Å². The van der Waals surface area contributed by atoms with Crippen LogP contribution in [0, 0.1) is 0 Å². The van der Waals surface area contributed by atoms with E-state index in [2.05, 4.69) is 15.3 Å². The topological polar surface area (TPSA) is 86.1 Å². The molecule has 0 fully saturated rings. The van der Waals surface area contributed by atoms with Crippen molar-refractivity contribution in [3.63, 3.8) is 0 Å². The maximum atomic E-state index is 13.3. The van der Waals surface area contributed by atoms with E-state index in [4.69, 9.17) is 4.74 Å². The maximum absolute atomic E-state index is 13.3. The number of anilines is 1. The molecule has 0 aliphatic carbocycles. The van der Waals surface area contributed by atoms with Gasteiger partial charge in [0, 0.05) is 11.9 Å². The molecule has 33 heavy (non-hydrogen) atoms. The van der Waals surface area contributed by atoms with Crippen molar-refractivity contribution in [3.8, 4) is 5.75 Å². The monoisotopic (exact) mass is 460 g/mol. The van der Waals surface area contributed by atoms with Crippen molar-refractivity contribution in [2.45, 2.75) is 30.3 Å². The second kappa shape index (κ2) is 10.3. The summed E-state index contributed by atoms with van der Waals surface area (Å²) >= 11 is 1.27. The zero-order valence-electron chi connectivity index (χ0n) is 18.4. The van der Waals surface area contributed by atoms with Crippen molar-refractivity contribution >= 4 is 34.4 Å². The lowest BCUT2D eigenvalue weighted by molar-refractivity contribution is -0.115. The number of benzene rings is 2. The number of amides is 1. The second-order valence-electron chi connectivity index (χ2n) is 7.38. The third-order valence-electron chi connectivity index (χ3n) is 5.15. The number of carbonyl (C=O) groups is 1. The van der Waals surface area contributed by atoms with Crippen LogP contribution in [-0.2, 0) is 11.3 Å². The van der Waals surface area contributed by atoms with Gasteiger partial charge in [0.2, 0.25) is 5.91 Å². The smallest absolute Gasteiger partial charge is 0.263 e. The molecule has 2 aromatic heterocycles. The largest absolute Gasteiger partial charge is 0.497 e. The van der Waals surface area contributed by atoms with Crippen LogP contribution in [0.25, 0.3) is 11.0 Å². The molecule has 0 aliphatic rings. The summed E-state index contributed by atoms with van der Waals surface area (Å²) in [6, 6.07) is 20.3. The average molecular weight is 461 g/mol. The minimum absolute atomic E-state index is 0.158. The van der Waals surface area contributed by atoms with Crippen LogP contribution >= 0.6 is 11.8 Å². The molecule has 2 aromatic carbocycles. The first-order valence-corrected chi connectivity index (χ1v) is 11.5. The van der Waals surface area contributed by atoms with Gasteiger partial charge < -0.3 is 10.1 Å². The fourth-order valence-electron chi connectivity index (χ4n) is 3.38. The first-order valence-electron chi connectivity index (χ1n) is 10.6. The summed E-state index contributed by atoms with van der Waals surface area (Å²) in [6.07, 6.45) is 2.17. The van der Waals surface area contributed by atoms with E-state index in [1.54, 1.807) is 54.3 Å². The van der Waals surface area contributed by atoms with E-state index in [0.717, 1.165) is 5.56 Å². The third-order valence-corrected chi connectivity index (χ3v) is 6.50. The summed E-state index contributed by atoms with van der Waals surface area (Å²) in [6.45, 7) is 2.29. The van der Waals surface area contributed by atoms with Gasteiger partial charge in [-0.3, -0.25) is 14.2 Å². The molecule has 1 N–H and O–H groups in total. The number of nitrogens with one attached hydrogen (secondary N) is 1. The fraction of sp³-hybridized carbons (Fsp3) is 0.200. The summed E-state index contributed by atoms with van der Waals surface area (Å²) in [7, 11) is 1.59. The third kappa shape index (κ3) is 5.23. The van der Waals surface area contributed by atoms with Crippen molar-refractivity contribution in [1.82, 2.24) is 14.5 Å². The quantitative estimate of drug-likeness (QED) is 0.311. The molecule has 7 nitrogen and oxygen atoms in total. The number of hydrogen-bond acceptors (Lipinski definition) is 6. The summed E-state index contributed by atoms with van der Waals surface area (Å²) in [5, 5.41) is 3.41. The van der Waals surface area contributed by atoms with Crippen LogP contribution in [0.1, 0.15) is 18.9 Å². The van der Waals surface area contributed by atoms with Crippen LogP contribution < -0.4 is 15.6 Å². The van der Waals surface area contributed by atoms with Gasteiger partial charge in [-0.25, -0.2) is 9.97 Å². The van der Waals surface area contributed by atoms with Crippen LogP contribution in [0.5, 0.6) is 5.75 Å². The average Bonchev–Trinajstić information content (AvgIpc) is 2.85. The van der Waals surface area contributed by atoms with Crippen molar-refractivity contribution in [1.29, 1.82) is 0 Å². The molecule has 1 amide bonds. The van der Waals surface area contributed by atoms with Crippen LogP contribution in [0.3, 0.4) is 0 Å². The van der Waals surface area contributed by atoms with Gasteiger partial charge in [0.05, 0.1) is 24.3 Å². The van der Waals surface area contributed by atoms with Gasteiger partial charge in [0.25, 0.3) is 5.56 Å². The molecule has 0 saturated carbocycles. The highest BCUT2D eigenvalue weighted by molar-refractivity contribution is 8.00. The Labute approximate surface area is 195 Å². The number of methoxy groups -OCH3 is 1. The Morgan fingerprint density at radius 1 is 1.09 bits per heavy atom. The second-order valence-corrected chi connectivity index (χ2v) is 8.55. The molecule has 4 aromatic rings. The lowest BCUT2D eigenvalue weighted by atomic mass is 10.2. The SMILES string of the molecule is CCC(Sc1nc2ncccc2c(=O)n1Cc1ccccc1)C(=O)Nc1ccc(OC)cc1. The number of hydrogen-bond donors (Lipinski definition) is 1. The molecule has 1 unspecified atom stereocenters. The van der Waals surface area contributed by atoms with Crippen LogP contribution in [0.4, 0.5) is 5.69 Å². The van der Waals surface area contributed by atoms with E-state index in [1.807, 2.05) is 37.3 Å². The molecule has 1 atom stereocenters. The number of pyridine rings is 1. The van der Waals surface area contributed by atoms with Gasteiger partial charge in [0.15, 0.2) is 10.8 Å². The first-order chi connectivity index (χ1) is 16.1. The molecule has 0 bridgehead atoms. The van der Waals surface area contributed by atoms with Crippen molar-refractivity contribution in [3.05, 3.63) is 88.8 Å². The van der Waals surface area contributed by atoms with Gasteiger partial charge in [0.1, 0.15) is 5.75 Å². The minimum atomic E-state index is -0.442. The number of ether oxygens (including phenoxy) is 1. The standard InChI is InChI=1S/C25H24N4O3S/c1-3-21(23(30)27-18-11-13-19(32-2)14-12-18)33-25-28-22-20(10-7-15-26-22)24(31)29(25)16-17-8-5-4-6-9-17/h4-15,21H,3,16H2,1-2H3,(H,27,30). The van der Waals surface area contributed by atoms with Gasteiger partial charge in [-0.15, -0.1) is 0 Å². The highest BCUT2D eigenvalue weighted by Crippen LogP contribution is 2.26. The lowest BCUT2D eigenvalue weighted by Crippen LogP contribution is -2.28. The highest BCUT2D eigenvalue weighted by Gasteiger charge is 2.22. The summed E-state index contributed by atoms with van der Waals surface area (Å²) in [5.41, 5.74) is 1.85. The number of rotatable bonds is 8. The zero-order valence-corrected chi connectivity index (χ0v) is 19.2. The van der Waals surface area contributed by atoms with Gasteiger partial charge >= 0.3 is 0 Å².